The van der Waals surface area contributed by atoms with Gasteiger partial charge in [-0.25, -0.2) is 9.97 Å². The number of rotatable bonds is 3. The number of hydrogen-bond donors (Lipinski definition) is 0. The van der Waals surface area contributed by atoms with Crippen molar-refractivity contribution in [2.45, 2.75) is 0 Å². The zero-order valence-electron chi connectivity index (χ0n) is 26.8. The Morgan fingerprint density at radius 3 is 1.76 bits per heavy atom. The molecule has 0 saturated heterocycles. The quantitative estimate of drug-likeness (QED) is 0.190. The van der Waals surface area contributed by atoms with E-state index in [1.165, 1.54) is 63.5 Å². The number of nitrogens with zero attached hydrogens (tertiary/aromatic N) is 3. The summed E-state index contributed by atoms with van der Waals surface area (Å²) in [6.45, 7) is 0. The second-order valence-electron chi connectivity index (χ2n) is 12.9. The van der Waals surface area contributed by atoms with Gasteiger partial charge in [-0.1, -0.05) is 140 Å². The molecule has 3 nitrogen and oxygen atoms in total. The van der Waals surface area contributed by atoms with Crippen LogP contribution in [0.3, 0.4) is 0 Å². The maximum Gasteiger partial charge on any atom is 0.161 e. The van der Waals surface area contributed by atoms with E-state index in [2.05, 4.69) is 168 Å². The van der Waals surface area contributed by atoms with Crippen molar-refractivity contribution in [3.8, 4) is 28.3 Å². The molecule has 0 aliphatic carbocycles. The first-order valence-corrected chi connectivity index (χ1v) is 17.7. The summed E-state index contributed by atoms with van der Waals surface area (Å²) >= 11 is 1.82. The van der Waals surface area contributed by atoms with Gasteiger partial charge >= 0.3 is 0 Å². The Hall–Kier alpha value is -6.36. The van der Waals surface area contributed by atoms with E-state index < -0.39 is 0 Å². The van der Waals surface area contributed by atoms with E-state index in [1.54, 1.807) is 0 Å². The number of fused-ring (bicyclic) bond motifs is 11. The van der Waals surface area contributed by atoms with Crippen LogP contribution in [0.1, 0.15) is 0 Å². The average molecular weight is 654 g/mol. The molecule has 0 aliphatic heterocycles. The van der Waals surface area contributed by atoms with Gasteiger partial charge in [0.05, 0.1) is 22.2 Å². The van der Waals surface area contributed by atoms with Crippen LogP contribution in [0.25, 0.3) is 103 Å². The van der Waals surface area contributed by atoms with Gasteiger partial charge in [0.1, 0.15) is 0 Å². The van der Waals surface area contributed by atoms with Gasteiger partial charge < -0.3 is 4.57 Å². The lowest BCUT2D eigenvalue weighted by atomic mass is 10.0. The largest absolute Gasteiger partial charge is 0.308 e. The molecule has 8 aromatic carbocycles. The van der Waals surface area contributed by atoms with Gasteiger partial charge in [-0.2, -0.15) is 0 Å². The second-order valence-corrected chi connectivity index (χ2v) is 14.0. The van der Waals surface area contributed by atoms with Crippen molar-refractivity contribution >= 4 is 85.8 Å². The predicted octanol–water partition coefficient (Wildman–Crippen LogP) is 12.7. The van der Waals surface area contributed by atoms with Crippen molar-refractivity contribution in [3.05, 3.63) is 164 Å². The van der Waals surface area contributed by atoms with Crippen LogP contribution in [0.5, 0.6) is 0 Å². The summed E-state index contributed by atoms with van der Waals surface area (Å²) in [6, 6.07) is 58.9. The second kappa shape index (κ2) is 10.6. The van der Waals surface area contributed by atoms with Gasteiger partial charge in [0, 0.05) is 63.9 Å². The molecule has 232 valence electrons. The lowest BCUT2D eigenvalue weighted by Crippen LogP contribution is -1.99. The molecule has 4 heteroatoms. The topological polar surface area (TPSA) is 30.7 Å². The molecule has 50 heavy (non-hydrogen) atoms. The Kier molecular flexibility index (Phi) is 5.83. The summed E-state index contributed by atoms with van der Waals surface area (Å²) in [5.41, 5.74) is 7.52. The summed E-state index contributed by atoms with van der Waals surface area (Å²) in [5.74, 6) is 0.733. The first kappa shape index (κ1) is 27.6. The predicted molar refractivity (Wildman–Crippen MR) is 213 cm³/mol. The summed E-state index contributed by atoms with van der Waals surface area (Å²) in [4.78, 5) is 10.7. The highest BCUT2D eigenvalue weighted by Crippen LogP contribution is 2.45. The zero-order chi connectivity index (χ0) is 32.8. The Morgan fingerprint density at radius 2 is 1.04 bits per heavy atom. The minimum absolute atomic E-state index is 0.733. The van der Waals surface area contributed by atoms with Crippen molar-refractivity contribution < 1.29 is 0 Å². The van der Waals surface area contributed by atoms with E-state index >= 15 is 0 Å². The van der Waals surface area contributed by atoms with Crippen LogP contribution in [0.4, 0.5) is 0 Å². The number of para-hydroxylation sites is 1. The molecule has 0 saturated carbocycles. The van der Waals surface area contributed by atoms with Crippen molar-refractivity contribution in [1.82, 2.24) is 14.5 Å². The third kappa shape index (κ3) is 3.97. The summed E-state index contributed by atoms with van der Waals surface area (Å²) in [6.07, 6.45) is 0. The number of hydrogen-bond acceptors (Lipinski definition) is 3. The Balaban J connectivity index is 1.33. The molecule has 0 bridgehead atoms. The molecule has 0 atom stereocenters. The Bertz CT molecular complexity index is 3060. The van der Waals surface area contributed by atoms with Crippen molar-refractivity contribution in [3.63, 3.8) is 0 Å². The zero-order valence-corrected chi connectivity index (χ0v) is 27.7. The third-order valence-corrected chi connectivity index (χ3v) is 11.4. The molecule has 0 unspecified atom stereocenters. The normalized spacial score (nSPS) is 12.0. The first-order chi connectivity index (χ1) is 24.8. The summed E-state index contributed by atoms with van der Waals surface area (Å²) in [7, 11) is 0. The number of aromatic nitrogens is 3. The van der Waals surface area contributed by atoms with Crippen LogP contribution in [0, 0.1) is 0 Å². The van der Waals surface area contributed by atoms with E-state index in [4.69, 9.17) is 9.97 Å². The fraction of sp³-hybridized carbons (Fsp3) is 0. The van der Waals surface area contributed by atoms with E-state index in [1.807, 2.05) is 11.3 Å². The molecule has 11 aromatic rings. The van der Waals surface area contributed by atoms with Crippen LogP contribution in [-0.2, 0) is 0 Å². The monoisotopic (exact) mass is 653 g/mol. The van der Waals surface area contributed by atoms with Gasteiger partial charge in [0.25, 0.3) is 0 Å². The molecule has 0 radical (unpaired) electrons. The van der Waals surface area contributed by atoms with E-state index in [9.17, 15) is 0 Å². The van der Waals surface area contributed by atoms with Crippen molar-refractivity contribution in [1.29, 1.82) is 0 Å². The molecule has 0 N–H and O–H groups in total. The number of benzene rings is 8. The Labute approximate surface area is 291 Å². The maximum atomic E-state index is 5.39. The average Bonchev–Trinajstić information content (AvgIpc) is 3.74. The van der Waals surface area contributed by atoms with E-state index in [0.29, 0.717) is 0 Å². The highest BCUT2D eigenvalue weighted by atomic mass is 32.1. The molecular weight excluding hydrogens is 627 g/mol. The highest BCUT2D eigenvalue weighted by molar-refractivity contribution is 7.26. The standard InChI is InChI=1S/C46H27N3S/c1-2-14-30(15-3-1)42-37-19-8-10-20-40(37)47-46(48-42)39-27-31(26-38-34-18-9-11-21-41(34)50-45(38)39)49-43-32-16-6-4-12-28(32)22-24-35(43)36-25-23-29-13-5-7-17-33(29)44(36)49/h1-27H. The lowest BCUT2D eigenvalue weighted by molar-refractivity contribution is 1.19. The molecule has 0 amide bonds. The van der Waals surface area contributed by atoms with Crippen LogP contribution >= 0.6 is 11.3 Å². The fourth-order valence-electron chi connectivity index (χ4n) is 7.92. The third-order valence-electron chi connectivity index (χ3n) is 10.2. The van der Waals surface area contributed by atoms with Crippen molar-refractivity contribution in [2.24, 2.45) is 0 Å². The molecule has 3 heterocycles. The van der Waals surface area contributed by atoms with Gasteiger partial charge in [0.2, 0.25) is 0 Å². The van der Waals surface area contributed by atoms with Gasteiger partial charge in [0.15, 0.2) is 5.82 Å². The SMILES string of the molecule is c1ccc(-c2nc(-c3cc(-n4c5c6ccccc6ccc5c5ccc6ccccc6c54)cc4c3sc3ccccc34)nc3ccccc23)cc1. The van der Waals surface area contributed by atoms with E-state index in [0.717, 1.165) is 39.2 Å². The lowest BCUT2D eigenvalue weighted by Gasteiger charge is -2.15. The maximum absolute atomic E-state index is 5.39. The van der Waals surface area contributed by atoms with Crippen molar-refractivity contribution in [2.75, 3.05) is 0 Å². The van der Waals surface area contributed by atoms with Crippen LogP contribution in [-0.4, -0.2) is 14.5 Å². The van der Waals surface area contributed by atoms with Gasteiger partial charge in [-0.05, 0) is 35.0 Å². The molecule has 11 rings (SSSR count). The molecule has 3 aromatic heterocycles. The first-order valence-electron chi connectivity index (χ1n) is 16.9. The molecule has 0 fully saturated rings. The van der Waals surface area contributed by atoms with Gasteiger partial charge in [-0.15, -0.1) is 11.3 Å². The fourth-order valence-corrected chi connectivity index (χ4v) is 9.11. The summed E-state index contributed by atoms with van der Waals surface area (Å²) < 4.78 is 4.95. The van der Waals surface area contributed by atoms with Crippen LogP contribution < -0.4 is 0 Å². The van der Waals surface area contributed by atoms with Gasteiger partial charge in [-0.3, -0.25) is 0 Å². The molecule has 0 spiro atoms. The van der Waals surface area contributed by atoms with Crippen LogP contribution in [0.15, 0.2) is 164 Å². The number of thiophene rings is 1. The molecule has 0 aliphatic rings. The smallest absolute Gasteiger partial charge is 0.161 e. The van der Waals surface area contributed by atoms with Crippen LogP contribution in [0.2, 0.25) is 0 Å². The molecular formula is C46H27N3S. The Morgan fingerprint density at radius 1 is 0.440 bits per heavy atom. The minimum atomic E-state index is 0.733. The highest BCUT2D eigenvalue weighted by Gasteiger charge is 2.22. The van der Waals surface area contributed by atoms with E-state index in [-0.39, 0.29) is 0 Å². The minimum Gasteiger partial charge on any atom is -0.308 e. The summed E-state index contributed by atoms with van der Waals surface area (Å²) in [5, 5.41) is 10.9.